The van der Waals surface area contributed by atoms with Gasteiger partial charge in [0.05, 0.1) is 22.4 Å². The fraction of sp³-hybridized carbons (Fsp3) is 0.364. The van der Waals surface area contributed by atoms with Crippen molar-refractivity contribution in [1.29, 1.82) is 0 Å². The molecule has 0 unspecified atom stereocenters. The van der Waals surface area contributed by atoms with E-state index in [1.54, 1.807) is 32.3 Å². The van der Waals surface area contributed by atoms with Crippen LogP contribution in [-0.2, 0) is 13.5 Å². The van der Waals surface area contributed by atoms with E-state index in [1.807, 2.05) is 24.4 Å². The third-order valence-corrected chi connectivity index (χ3v) is 9.33. The molecule has 0 bridgehead atoms. The molecular formula is C33H39FN6O2S. The monoisotopic (exact) mass is 602 g/mol. The summed E-state index contributed by atoms with van der Waals surface area (Å²) in [5, 5.41) is 5.99. The number of aromatic nitrogens is 2. The van der Waals surface area contributed by atoms with Crippen LogP contribution in [-0.4, -0.2) is 53.6 Å². The van der Waals surface area contributed by atoms with Crippen molar-refractivity contribution < 1.29 is 9.18 Å². The van der Waals surface area contributed by atoms with Gasteiger partial charge in [-0.25, -0.2) is 9.37 Å². The van der Waals surface area contributed by atoms with E-state index in [1.165, 1.54) is 26.8 Å². The Morgan fingerprint density at radius 3 is 2.47 bits per heavy atom. The molecule has 0 spiro atoms. The van der Waals surface area contributed by atoms with Gasteiger partial charge in [-0.15, -0.1) is 11.3 Å². The van der Waals surface area contributed by atoms with Gasteiger partial charge in [-0.2, -0.15) is 0 Å². The Kier molecular flexibility index (Phi) is 8.98. The van der Waals surface area contributed by atoms with E-state index >= 15 is 4.39 Å². The van der Waals surface area contributed by atoms with Crippen molar-refractivity contribution >= 4 is 40.1 Å². The molecule has 1 aromatic carbocycles. The second-order valence-electron chi connectivity index (χ2n) is 11.4. The largest absolute Gasteiger partial charge is 0.368 e. The number of nitrogens with one attached hydrogen (secondary N) is 2. The number of amides is 1. The number of thiophene rings is 1. The molecule has 1 fully saturated rings. The lowest BCUT2D eigenvalue weighted by atomic mass is 9.99. The van der Waals surface area contributed by atoms with Crippen molar-refractivity contribution in [2.45, 2.75) is 40.0 Å². The molecule has 0 radical (unpaired) electrons. The lowest BCUT2D eigenvalue weighted by Gasteiger charge is -2.33. The molecule has 43 heavy (non-hydrogen) atoms. The SMILES string of the molecule is CCc1sc(C(=O)Nc2c(F)ccc(-c3cc(Nc4ccc(N5CCN(C)CC5)cn4)c(=O)n(C)c3)c2C)cc1C(C)C. The number of hydrogen-bond acceptors (Lipinski definition) is 7. The number of carbonyl (C=O) groups is 1. The summed E-state index contributed by atoms with van der Waals surface area (Å²) >= 11 is 1.45. The first-order valence-corrected chi connectivity index (χ1v) is 15.5. The van der Waals surface area contributed by atoms with Crippen LogP contribution in [0.4, 0.5) is 27.3 Å². The van der Waals surface area contributed by atoms with Crippen LogP contribution in [0.1, 0.15) is 52.4 Å². The molecule has 0 aliphatic carbocycles. The third-order valence-electron chi connectivity index (χ3n) is 8.03. The van der Waals surface area contributed by atoms with Gasteiger partial charge in [-0.3, -0.25) is 9.59 Å². The van der Waals surface area contributed by atoms with Gasteiger partial charge < -0.3 is 25.0 Å². The number of likely N-dealkylation sites (N-methyl/N-ethyl adjacent to an activating group) is 1. The molecule has 1 aliphatic heterocycles. The number of aryl methyl sites for hydroxylation is 2. The van der Waals surface area contributed by atoms with Crippen LogP contribution in [0.25, 0.3) is 11.1 Å². The van der Waals surface area contributed by atoms with Gasteiger partial charge in [0.25, 0.3) is 11.5 Å². The Hall–Kier alpha value is -4.02. The third kappa shape index (κ3) is 6.50. The van der Waals surface area contributed by atoms with Crippen LogP contribution in [0.15, 0.2) is 53.6 Å². The van der Waals surface area contributed by atoms with Crippen molar-refractivity contribution in [2.24, 2.45) is 7.05 Å². The van der Waals surface area contributed by atoms with Gasteiger partial charge >= 0.3 is 0 Å². The molecule has 1 amide bonds. The van der Waals surface area contributed by atoms with Crippen LogP contribution in [0, 0.1) is 12.7 Å². The lowest BCUT2D eigenvalue weighted by molar-refractivity contribution is 0.103. The maximum Gasteiger partial charge on any atom is 0.274 e. The molecule has 226 valence electrons. The Bertz CT molecular complexity index is 1690. The molecule has 0 saturated carbocycles. The maximum atomic E-state index is 15.1. The predicted octanol–water partition coefficient (Wildman–Crippen LogP) is 6.39. The summed E-state index contributed by atoms with van der Waals surface area (Å²) in [5.41, 5.74) is 4.44. The van der Waals surface area contributed by atoms with Crippen molar-refractivity contribution in [3.8, 4) is 11.1 Å². The highest BCUT2D eigenvalue weighted by Crippen LogP contribution is 2.34. The molecule has 1 saturated heterocycles. The number of halogens is 1. The Morgan fingerprint density at radius 1 is 1.09 bits per heavy atom. The lowest BCUT2D eigenvalue weighted by Crippen LogP contribution is -2.44. The molecule has 0 atom stereocenters. The van der Waals surface area contributed by atoms with Crippen molar-refractivity contribution in [1.82, 2.24) is 14.5 Å². The Morgan fingerprint density at radius 2 is 1.84 bits per heavy atom. The van der Waals surface area contributed by atoms with Crippen molar-refractivity contribution in [3.63, 3.8) is 0 Å². The summed E-state index contributed by atoms with van der Waals surface area (Å²) in [7, 11) is 3.80. The average molecular weight is 603 g/mol. The zero-order valence-corrected chi connectivity index (χ0v) is 26.4. The highest BCUT2D eigenvalue weighted by atomic mass is 32.1. The Labute approximate surface area is 256 Å². The summed E-state index contributed by atoms with van der Waals surface area (Å²) in [6, 6.07) is 10.6. The van der Waals surface area contributed by atoms with Crippen molar-refractivity contribution in [3.05, 3.63) is 85.8 Å². The number of rotatable bonds is 8. The predicted molar refractivity (Wildman–Crippen MR) is 175 cm³/mol. The average Bonchev–Trinajstić information content (AvgIpc) is 3.44. The minimum atomic E-state index is -0.515. The van der Waals surface area contributed by atoms with Gasteiger partial charge in [-0.05, 0) is 73.3 Å². The number of hydrogen-bond donors (Lipinski definition) is 2. The number of nitrogens with zero attached hydrogens (tertiary/aromatic N) is 4. The van der Waals surface area contributed by atoms with E-state index in [-0.39, 0.29) is 17.2 Å². The topological polar surface area (TPSA) is 82.5 Å². The molecule has 4 aromatic rings. The molecular weight excluding hydrogens is 563 g/mol. The Balaban J connectivity index is 1.40. The summed E-state index contributed by atoms with van der Waals surface area (Å²) in [5.74, 6) is 0.00432. The summed E-state index contributed by atoms with van der Waals surface area (Å²) in [6.07, 6.45) is 4.38. The number of anilines is 4. The molecule has 8 nitrogen and oxygen atoms in total. The van der Waals surface area contributed by atoms with E-state index in [0.29, 0.717) is 39.0 Å². The number of piperazine rings is 1. The molecule has 10 heteroatoms. The van der Waals surface area contributed by atoms with Crippen LogP contribution < -0.4 is 21.1 Å². The van der Waals surface area contributed by atoms with Gasteiger partial charge in [0.2, 0.25) is 0 Å². The van der Waals surface area contributed by atoms with Crippen molar-refractivity contribution in [2.75, 3.05) is 48.8 Å². The number of carbonyl (C=O) groups excluding carboxylic acids is 1. The summed E-state index contributed by atoms with van der Waals surface area (Å²) < 4.78 is 16.6. The van der Waals surface area contributed by atoms with E-state index in [0.717, 1.165) is 43.9 Å². The first-order chi connectivity index (χ1) is 20.5. The van der Waals surface area contributed by atoms with Crippen LogP contribution in [0.5, 0.6) is 0 Å². The van der Waals surface area contributed by atoms with E-state index < -0.39 is 5.82 Å². The van der Waals surface area contributed by atoms with Gasteiger partial charge in [0.15, 0.2) is 0 Å². The molecule has 2 N–H and O–H groups in total. The van der Waals surface area contributed by atoms with Crippen LogP contribution in [0.2, 0.25) is 0 Å². The normalized spacial score (nSPS) is 13.9. The number of benzene rings is 1. The van der Waals surface area contributed by atoms with E-state index in [2.05, 4.69) is 53.2 Å². The second-order valence-corrected chi connectivity index (χ2v) is 12.6. The first kappa shape index (κ1) is 30.4. The van der Waals surface area contributed by atoms with Gasteiger partial charge in [0.1, 0.15) is 17.3 Å². The highest BCUT2D eigenvalue weighted by molar-refractivity contribution is 7.14. The highest BCUT2D eigenvalue weighted by Gasteiger charge is 2.20. The molecule has 5 rings (SSSR count). The standard InChI is InChI=1S/C33H39FN6O2S/c1-7-28-25(20(2)3)17-29(43-28)32(41)37-31-21(4)24(9-10-26(31)34)22-16-27(33(42)39(6)19-22)36-30-11-8-23(18-35-30)40-14-12-38(5)13-15-40/h8-11,16-20H,7,12-15H2,1-6H3,(H,35,36)(H,37,41). The fourth-order valence-electron chi connectivity index (χ4n) is 5.44. The summed E-state index contributed by atoms with van der Waals surface area (Å²) in [6.45, 7) is 11.9. The maximum absolute atomic E-state index is 15.1. The minimum absolute atomic E-state index is 0.129. The minimum Gasteiger partial charge on any atom is -0.368 e. The first-order valence-electron chi connectivity index (χ1n) is 14.7. The van der Waals surface area contributed by atoms with Crippen LogP contribution in [0.3, 0.4) is 0 Å². The summed E-state index contributed by atoms with van der Waals surface area (Å²) in [4.78, 5) is 37.2. The van der Waals surface area contributed by atoms with Gasteiger partial charge in [0, 0.05) is 49.9 Å². The molecule has 4 heterocycles. The smallest absolute Gasteiger partial charge is 0.274 e. The van der Waals surface area contributed by atoms with Gasteiger partial charge in [-0.1, -0.05) is 26.8 Å². The zero-order valence-electron chi connectivity index (χ0n) is 25.6. The quantitative estimate of drug-likeness (QED) is 0.243. The zero-order chi connectivity index (χ0) is 30.8. The molecule has 1 aliphatic rings. The second kappa shape index (κ2) is 12.7. The molecule has 3 aromatic heterocycles. The van der Waals surface area contributed by atoms with E-state index in [9.17, 15) is 9.59 Å². The van der Waals surface area contributed by atoms with E-state index in [4.69, 9.17) is 0 Å². The van der Waals surface area contributed by atoms with Crippen LogP contribution >= 0.6 is 11.3 Å². The number of pyridine rings is 2. The fourth-order valence-corrected chi connectivity index (χ4v) is 6.59.